The molecule has 0 spiro atoms. The normalized spacial score (nSPS) is 19.1. The fourth-order valence-electron chi connectivity index (χ4n) is 3.53. The highest BCUT2D eigenvalue weighted by molar-refractivity contribution is 5.96. The summed E-state index contributed by atoms with van der Waals surface area (Å²) >= 11 is 0. The standard InChI is InChI=1S/C20H28N6O2/c1-13(2)28-12-24-10-14(3)26(20(27)21-4)19-18(24)7-15(8-22-19)16-9-23-25(11-16)17-5-6-17/h7-9,11,13-14,17H,5-6,10,12H2,1-4H3,(H,21,27)/t14-/m0/s1. The maximum absolute atomic E-state index is 12.5. The van der Waals surface area contributed by atoms with Gasteiger partial charge in [0.1, 0.15) is 6.73 Å². The smallest absolute Gasteiger partial charge is 0.323 e. The summed E-state index contributed by atoms with van der Waals surface area (Å²) in [6.45, 7) is 7.20. The first-order valence-corrected chi connectivity index (χ1v) is 9.90. The quantitative estimate of drug-likeness (QED) is 0.858. The third-order valence-corrected chi connectivity index (χ3v) is 5.19. The maximum atomic E-state index is 12.5. The molecule has 1 atom stereocenters. The van der Waals surface area contributed by atoms with Crippen molar-refractivity contribution < 1.29 is 9.53 Å². The zero-order valence-electron chi connectivity index (χ0n) is 16.9. The van der Waals surface area contributed by atoms with Crippen LogP contribution in [0.15, 0.2) is 24.7 Å². The third-order valence-electron chi connectivity index (χ3n) is 5.19. The molecule has 2 aliphatic rings. The third kappa shape index (κ3) is 3.56. The van der Waals surface area contributed by atoms with Gasteiger partial charge < -0.3 is 15.0 Å². The summed E-state index contributed by atoms with van der Waals surface area (Å²) in [7, 11) is 1.64. The number of urea groups is 1. The van der Waals surface area contributed by atoms with Crippen LogP contribution in [0, 0.1) is 0 Å². The van der Waals surface area contributed by atoms with E-state index < -0.39 is 0 Å². The number of amides is 2. The monoisotopic (exact) mass is 384 g/mol. The molecule has 1 aliphatic carbocycles. The number of carbonyl (C=O) groups is 1. The number of nitrogens with zero attached hydrogens (tertiary/aromatic N) is 5. The Morgan fingerprint density at radius 2 is 2.11 bits per heavy atom. The summed E-state index contributed by atoms with van der Waals surface area (Å²) in [6.07, 6.45) is 8.31. The minimum absolute atomic E-state index is 0.0146. The van der Waals surface area contributed by atoms with E-state index in [9.17, 15) is 4.79 Å². The number of ether oxygens (including phenoxy) is 1. The molecule has 1 saturated carbocycles. The van der Waals surface area contributed by atoms with Gasteiger partial charge in [-0.1, -0.05) is 0 Å². The van der Waals surface area contributed by atoms with Gasteiger partial charge >= 0.3 is 6.03 Å². The van der Waals surface area contributed by atoms with Crippen LogP contribution in [0.5, 0.6) is 0 Å². The van der Waals surface area contributed by atoms with Gasteiger partial charge in [0.2, 0.25) is 0 Å². The van der Waals surface area contributed by atoms with Crippen molar-refractivity contribution >= 4 is 17.5 Å². The van der Waals surface area contributed by atoms with E-state index in [1.54, 1.807) is 11.9 Å². The van der Waals surface area contributed by atoms with Crippen LogP contribution in [0.2, 0.25) is 0 Å². The molecule has 3 heterocycles. The van der Waals surface area contributed by atoms with Gasteiger partial charge in [0, 0.05) is 37.1 Å². The summed E-state index contributed by atoms with van der Waals surface area (Å²) < 4.78 is 7.90. The zero-order valence-corrected chi connectivity index (χ0v) is 16.9. The summed E-state index contributed by atoms with van der Waals surface area (Å²) in [5.74, 6) is 0.656. The second kappa shape index (κ2) is 7.43. The van der Waals surface area contributed by atoms with Crippen LogP contribution < -0.4 is 15.1 Å². The lowest BCUT2D eigenvalue weighted by Crippen LogP contribution is -2.53. The van der Waals surface area contributed by atoms with Crippen molar-refractivity contribution in [3.8, 4) is 11.1 Å². The van der Waals surface area contributed by atoms with Gasteiger partial charge in [-0.2, -0.15) is 5.10 Å². The van der Waals surface area contributed by atoms with Crippen molar-refractivity contribution in [3.63, 3.8) is 0 Å². The molecule has 1 fully saturated rings. The van der Waals surface area contributed by atoms with Crippen LogP contribution in [-0.2, 0) is 4.74 Å². The Morgan fingerprint density at radius 1 is 1.32 bits per heavy atom. The summed E-state index contributed by atoms with van der Waals surface area (Å²) in [4.78, 5) is 21.0. The molecule has 0 radical (unpaired) electrons. The molecule has 1 aliphatic heterocycles. The molecule has 2 aromatic heterocycles. The van der Waals surface area contributed by atoms with Gasteiger partial charge in [0.15, 0.2) is 5.82 Å². The van der Waals surface area contributed by atoms with E-state index in [2.05, 4.69) is 32.6 Å². The predicted octanol–water partition coefficient (Wildman–Crippen LogP) is 3.02. The van der Waals surface area contributed by atoms with Crippen molar-refractivity contribution in [2.45, 2.75) is 51.8 Å². The lowest BCUT2D eigenvalue weighted by atomic mass is 10.1. The Bertz CT molecular complexity index is 860. The molecule has 1 N–H and O–H groups in total. The largest absolute Gasteiger partial charge is 0.358 e. The van der Waals surface area contributed by atoms with Crippen molar-refractivity contribution in [2.75, 3.05) is 30.1 Å². The summed E-state index contributed by atoms with van der Waals surface area (Å²) in [5, 5.41) is 7.21. The lowest BCUT2D eigenvalue weighted by Gasteiger charge is -2.41. The van der Waals surface area contributed by atoms with Crippen LogP contribution in [0.3, 0.4) is 0 Å². The fourth-order valence-corrected chi connectivity index (χ4v) is 3.53. The number of hydrogen-bond donors (Lipinski definition) is 1. The van der Waals surface area contributed by atoms with Gasteiger partial charge in [0.05, 0.1) is 30.1 Å². The molecule has 150 valence electrons. The van der Waals surface area contributed by atoms with E-state index in [4.69, 9.17) is 4.74 Å². The number of anilines is 2. The molecular formula is C20H28N6O2. The molecule has 8 nitrogen and oxygen atoms in total. The highest BCUT2D eigenvalue weighted by Crippen LogP contribution is 2.38. The Hall–Kier alpha value is -2.61. The predicted molar refractivity (Wildman–Crippen MR) is 109 cm³/mol. The van der Waals surface area contributed by atoms with E-state index in [-0.39, 0.29) is 18.2 Å². The molecule has 2 amide bonds. The first kappa shape index (κ1) is 18.7. The Kier molecular flexibility index (Phi) is 4.97. The van der Waals surface area contributed by atoms with E-state index in [1.807, 2.05) is 37.8 Å². The van der Waals surface area contributed by atoms with Crippen molar-refractivity contribution in [1.82, 2.24) is 20.1 Å². The molecule has 0 aromatic carbocycles. The summed E-state index contributed by atoms with van der Waals surface area (Å²) in [6, 6.07) is 2.46. The van der Waals surface area contributed by atoms with Gasteiger partial charge in [-0.05, 0) is 39.7 Å². The van der Waals surface area contributed by atoms with Crippen molar-refractivity contribution in [2.24, 2.45) is 0 Å². The molecule has 8 heteroatoms. The van der Waals surface area contributed by atoms with E-state index in [1.165, 1.54) is 12.8 Å². The van der Waals surface area contributed by atoms with Gasteiger partial charge in [-0.3, -0.25) is 9.58 Å². The molecule has 4 rings (SSSR count). The molecule has 0 saturated heterocycles. The molecule has 28 heavy (non-hydrogen) atoms. The number of pyridine rings is 1. The van der Waals surface area contributed by atoms with Gasteiger partial charge in [-0.15, -0.1) is 0 Å². The van der Waals surface area contributed by atoms with Gasteiger partial charge in [0.25, 0.3) is 0 Å². The maximum Gasteiger partial charge on any atom is 0.323 e. The van der Waals surface area contributed by atoms with E-state index in [0.29, 0.717) is 25.1 Å². The molecule has 0 unspecified atom stereocenters. The summed E-state index contributed by atoms with van der Waals surface area (Å²) in [5.41, 5.74) is 2.93. The minimum atomic E-state index is -0.153. The van der Waals surface area contributed by atoms with Crippen LogP contribution >= 0.6 is 0 Å². The van der Waals surface area contributed by atoms with Crippen LogP contribution in [0.25, 0.3) is 11.1 Å². The van der Waals surface area contributed by atoms with Crippen LogP contribution in [0.4, 0.5) is 16.3 Å². The average molecular weight is 384 g/mol. The number of aromatic nitrogens is 3. The molecule has 0 bridgehead atoms. The fraction of sp³-hybridized carbons (Fsp3) is 0.550. The number of carbonyl (C=O) groups excluding carboxylic acids is 1. The SMILES string of the molecule is CNC(=O)N1c2ncc(-c3cnn(C4CC4)c3)cc2N(COC(C)C)C[C@@H]1C. The first-order valence-electron chi connectivity index (χ1n) is 9.90. The van der Waals surface area contributed by atoms with Gasteiger partial charge in [-0.25, -0.2) is 9.78 Å². The van der Waals surface area contributed by atoms with Crippen LogP contribution in [0.1, 0.15) is 39.7 Å². The number of rotatable bonds is 5. The van der Waals surface area contributed by atoms with Crippen molar-refractivity contribution in [3.05, 3.63) is 24.7 Å². The lowest BCUT2D eigenvalue weighted by molar-refractivity contribution is 0.0780. The minimum Gasteiger partial charge on any atom is -0.358 e. The first-order chi connectivity index (χ1) is 13.5. The number of fused-ring (bicyclic) bond motifs is 1. The highest BCUT2D eigenvalue weighted by atomic mass is 16.5. The average Bonchev–Trinajstić information content (AvgIpc) is 3.42. The van der Waals surface area contributed by atoms with Crippen molar-refractivity contribution in [1.29, 1.82) is 0 Å². The highest BCUT2D eigenvalue weighted by Gasteiger charge is 2.34. The zero-order chi connectivity index (χ0) is 19.8. The molecule has 2 aromatic rings. The molecular weight excluding hydrogens is 356 g/mol. The Balaban J connectivity index is 1.71. The second-order valence-electron chi connectivity index (χ2n) is 7.85. The van der Waals surface area contributed by atoms with Crippen LogP contribution in [-0.4, -0.2) is 53.3 Å². The second-order valence-corrected chi connectivity index (χ2v) is 7.85. The topological polar surface area (TPSA) is 75.5 Å². The van der Waals surface area contributed by atoms with E-state index >= 15 is 0 Å². The number of nitrogens with one attached hydrogen (secondary N) is 1. The Morgan fingerprint density at radius 3 is 2.79 bits per heavy atom. The Labute approximate surface area is 165 Å². The number of hydrogen-bond acceptors (Lipinski definition) is 5. The van der Waals surface area contributed by atoms with E-state index in [0.717, 1.165) is 16.8 Å².